The van der Waals surface area contributed by atoms with E-state index in [1.54, 1.807) is 12.1 Å². The second-order valence-electron chi connectivity index (χ2n) is 6.34. The smallest absolute Gasteiger partial charge is 0.221 e. The topological polar surface area (TPSA) is 73.0 Å². The van der Waals surface area contributed by atoms with Crippen LogP contribution in [0, 0.1) is 0 Å². The van der Waals surface area contributed by atoms with Crippen molar-refractivity contribution < 1.29 is 13.2 Å². The molecule has 2 aromatic carbocycles. The maximum Gasteiger partial charge on any atom is 0.221 e. The van der Waals surface area contributed by atoms with E-state index in [4.69, 9.17) is 4.74 Å². The molecule has 0 saturated carbocycles. The summed E-state index contributed by atoms with van der Waals surface area (Å²) in [6.07, 6.45) is 2.70. The largest absolute Gasteiger partial charge is 0.483 e. The third-order valence-corrected chi connectivity index (χ3v) is 6.40. The van der Waals surface area contributed by atoms with Gasteiger partial charge in [0.15, 0.2) is 5.04 Å². The van der Waals surface area contributed by atoms with Crippen molar-refractivity contribution in [3.8, 4) is 0 Å². The van der Waals surface area contributed by atoms with Crippen LogP contribution >= 0.6 is 0 Å². The average Bonchev–Trinajstić information content (AvgIpc) is 3.11. The van der Waals surface area contributed by atoms with E-state index >= 15 is 0 Å². The molecule has 6 nitrogen and oxygen atoms in total. The Morgan fingerprint density at radius 1 is 1.04 bits per heavy atom. The van der Waals surface area contributed by atoms with E-state index in [1.807, 2.05) is 36.5 Å². The Morgan fingerprint density at radius 2 is 1.85 bits per heavy atom. The number of fused-ring (bicyclic) bond motifs is 1. The van der Waals surface area contributed by atoms with Crippen LogP contribution in [0.4, 0.5) is 0 Å². The second kappa shape index (κ2) is 7.00. The van der Waals surface area contributed by atoms with Gasteiger partial charge in [-0.05, 0) is 29.8 Å². The Bertz CT molecular complexity index is 1150. The molecule has 27 heavy (non-hydrogen) atoms. The van der Waals surface area contributed by atoms with E-state index in [1.165, 1.54) is 12.7 Å². The van der Waals surface area contributed by atoms with Crippen molar-refractivity contribution in [3.05, 3.63) is 66.4 Å². The first-order valence-electron chi connectivity index (χ1n) is 8.63. The van der Waals surface area contributed by atoms with Gasteiger partial charge in [-0.25, -0.2) is 8.42 Å². The quantitative estimate of drug-likeness (QED) is 0.696. The minimum absolute atomic E-state index is 0.0753. The van der Waals surface area contributed by atoms with Crippen molar-refractivity contribution >= 4 is 31.7 Å². The molecule has 0 saturated heterocycles. The maximum absolute atomic E-state index is 12.9. The number of rotatable bonds is 3. The molecule has 0 aliphatic carbocycles. The molecule has 0 N–H and O–H groups in total. The van der Waals surface area contributed by atoms with Gasteiger partial charge in [0.25, 0.3) is 0 Å². The lowest BCUT2D eigenvalue weighted by Gasteiger charge is -2.12. The van der Waals surface area contributed by atoms with E-state index in [9.17, 15) is 8.42 Å². The van der Waals surface area contributed by atoms with Crippen molar-refractivity contribution in [2.75, 3.05) is 7.11 Å². The van der Waals surface area contributed by atoms with Crippen LogP contribution in [0.25, 0.3) is 10.9 Å². The third-order valence-electron chi connectivity index (χ3n) is 4.62. The predicted molar refractivity (Wildman–Crippen MR) is 106 cm³/mol. The van der Waals surface area contributed by atoms with Crippen LogP contribution in [-0.2, 0) is 21.1 Å². The van der Waals surface area contributed by atoms with E-state index < -0.39 is 9.84 Å². The van der Waals surface area contributed by atoms with Gasteiger partial charge in [0.2, 0.25) is 15.7 Å². The van der Waals surface area contributed by atoms with Crippen molar-refractivity contribution in [3.63, 3.8) is 0 Å². The first kappa shape index (κ1) is 17.5. The van der Waals surface area contributed by atoms with Crippen LogP contribution < -0.4 is 0 Å². The summed E-state index contributed by atoms with van der Waals surface area (Å²) in [5.74, 6) is 0.447. The van der Waals surface area contributed by atoms with Crippen LogP contribution in [0.2, 0.25) is 0 Å². The first-order valence-corrected chi connectivity index (χ1v) is 10.1. The highest BCUT2D eigenvalue weighted by atomic mass is 32.2. The zero-order valence-corrected chi connectivity index (χ0v) is 15.7. The van der Waals surface area contributed by atoms with E-state index in [-0.39, 0.29) is 9.94 Å². The number of hydrogen-bond donors (Lipinski definition) is 0. The van der Waals surface area contributed by atoms with Gasteiger partial charge in [-0.1, -0.05) is 30.3 Å². The van der Waals surface area contributed by atoms with Gasteiger partial charge in [-0.3, -0.25) is 0 Å². The van der Waals surface area contributed by atoms with Gasteiger partial charge in [0, 0.05) is 36.5 Å². The van der Waals surface area contributed by atoms with Crippen LogP contribution in [0.5, 0.6) is 0 Å². The van der Waals surface area contributed by atoms with Crippen LogP contribution in [0.3, 0.4) is 0 Å². The highest BCUT2D eigenvalue weighted by Gasteiger charge is 2.26. The minimum Gasteiger partial charge on any atom is -0.483 e. The van der Waals surface area contributed by atoms with E-state index in [0.29, 0.717) is 18.7 Å². The van der Waals surface area contributed by atoms with Gasteiger partial charge < -0.3 is 9.30 Å². The number of benzene rings is 2. The van der Waals surface area contributed by atoms with Gasteiger partial charge in [0.1, 0.15) is 0 Å². The number of aromatic nitrogens is 1. The molecule has 138 valence electrons. The number of hydrogen-bond acceptors (Lipinski definition) is 5. The molecule has 0 radical (unpaired) electrons. The molecule has 2 heterocycles. The Hall–Kier alpha value is -2.93. The summed E-state index contributed by atoms with van der Waals surface area (Å²) < 4.78 is 32.9. The van der Waals surface area contributed by atoms with Gasteiger partial charge in [-0.2, -0.15) is 0 Å². The fourth-order valence-corrected chi connectivity index (χ4v) is 4.48. The Kier molecular flexibility index (Phi) is 4.53. The van der Waals surface area contributed by atoms with Gasteiger partial charge in [0.05, 0.1) is 12.0 Å². The molecular formula is C20H19N3O3S. The molecule has 0 spiro atoms. The van der Waals surface area contributed by atoms with Crippen molar-refractivity contribution in [2.45, 2.75) is 24.3 Å². The summed E-state index contributed by atoms with van der Waals surface area (Å²) in [7, 11) is -2.15. The summed E-state index contributed by atoms with van der Waals surface area (Å²) >= 11 is 0. The standard InChI is InChI=1S/C20H19N3O3S/c1-26-19-9-10-20(22-21-19)27(24,25)17-7-8-18-16(13-17)11-12-23(18)14-15-5-3-2-4-6-15/h2-8,11-13H,9-10,14H2,1H3. The first-order chi connectivity index (χ1) is 13.1. The minimum atomic E-state index is -3.66. The predicted octanol–water partition coefficient (Wildman–Crippen LogP) is 3.62. The summed E-state index contributed by atoms with van der Waals surface area (Å²) in [5, 5.41) is 8.65. The molecule has 0 amide bonds. The molecule has 1 aliphatic heterocycles. The molecule has 1 aromatic heterocycles. The third kappa shape index (κ3) is 3.38. The number of methoxy groups -OCH3 is 1. The molecule has 0 atom stereocenters. The zero-order chi connectivity index (χ0) is 18.9. The highest BCUT2D eigenvalue weighted by Crippen LogP contribution is 2.24. The van der Waals surface area contributed by atoms with Crippen LogP contribution in [-0.4, -0.2) is 31.0 Å². The highest BCUT2D eigenvalue weighted by molar-refractivity contribution is 8.06. The normalized spacial score (nSPS) is 14.7. The number of sulfone groups is 1. The molecule has 1 aliphatic rings. The fraction of sp³-hybridized carbons (Fsp3) is 0.200. The molecule has 3 aromatic rings. The SMILES string of the molecule is COC1=NN=C(S(=O)(=O)c2ccc3c(ccn3Cc3ccccc3)c2)CC1. The van der Waals surface area contributed by atoms with E-state index in [2.05, 4.69) is 26.9 Å². The molecule has 0 fully saturated rings. The molecule has 0 bridgehead atoms. The van der Waals surface area contributed by atoms with Crippen molar-refractivity contribution in [1.29, 1.82) is 0 Å². The van der Waals surface area contributed by atoms with Crippen molar-refractivity contribution in [1.82, 2.24) is 4.57 Å². The Morgan fingerprint density at radius 3 is 2.56 bits per heavy atom. The lowest BCUT2D eigenvalue weighted by molar-refractivity contribution is 0.387. The number of ether oxygens (including phenoxy) is 1. The average molecular weight is 381 g/mol. The fourth-order valence-electron chi connectivity index (χ4n) is 3.16. The summed E-state index contributed by atoms with van der Waals surface area (Å²) in [4.78, 5) is 0.238. The maximum atomic E-state index is 12.9. The van der Waals surface area contributed by atoms with Crippen LogP contribution in [0.15, 0.2) is 75.9 Å². The van der Waals surface area contributed by atoms with Gasteiger partial charge in [-0.15, -0.1) is 10.2 Å². The Balaban J connectivity index is 1.66. The zero-order valence-electron chi connectivity index (χ0n) is 14.9. The lowest BCUT2D eigenvalue weighted by atomic mass is 10.2. The van der Waals surface area contributed by atoms with Crippen LogP contribution in [0.1, 0.15) is 18.4 Å². The molecular weight excluding hydrogens is 362 g/mol. The summed E-state index contributed by atoms with van der Waals surface area (Å²) in [6.45, 7) is 0.734. The number of nitrogens with zero attached hydrogens (tertiary/aromatic N) is 3. The summed E-state index contributed by atoms with van der Waals surface area (Å²) in [5.41, 5.74) is 2.18. The van der Waals surface area contributed by atoms with E-state index in [0.717, 1.165) is 17.4 Å². The molecule has 7 heteroatoms. The second-order valence-corrected chi connectivity index (χ2v) is 8.29. The monoisotopic (exact) mass is 381 g/mol. The van der Waals surface area contributed by atoms with Crippen molar-refractivity contribution in [2.24, 2.45) is 10.2 Å². The Labute approximate surface area is 157 Å². The van der Waals surface area contributed by atoms with Gasteiger partial charge >= 0.3 is 0 Å². The molecule has 0 unspecified atom stereocenters. The lowest BCUT2D eigenvalue weighted by Crippen LogP contribution is -2.20. The molecule has 4 rings (SSSR count). The summed E-state index contributed by atoms with van der Waals surface area (Å²) in [6, 6.07) is 17.3.